The zero-order valence-electron chi connectivity index (χ0n) is 7.62. The Morgan fingerprint density at radius 1 is 1.31 bits per heavy atom. The highest BCUT2D eigenvalue weighted by molar-refractivity contribution is 9.10. The summed E-state index contributed by atoms with van der Waals surface area (Å²) in [6, 6.07) is 5.06. The highest BCUT2D eigenvalue weighted by Gasteiger charge is 2.16. The topological polar surface area (TPSA) is 25.8 Å². The number of benzene rings is 1. The lowest BCUT2D eigenvalue weighted by molar-refractivity contribution is 0.150. The molecule has 0 aliphatic carbocycles. The molecule has 0 aliphatic heterocycles. The summed E-state index contributed by atoms with van der Waals surface area (Å²) in [4.78, 5) is 0. The summed E-state index contributed by atoms with van der Waals surface area (Å²) in [5.41, 5.74) is 0.703. The van der Waals surface area contributed by atoms with Crippen LogP contribution >= 0.6 is 38.9 Å². The minimum absolute atomic E-state index is 0.281. The summed E-state index contributed by atoms with van der Waals surface area (Å²) in [6.45, 7) is 0. The molecule has 1 aromatic heterocycles. The molecule has 0 aliphatic rings. The minimum atomic E-state index is -2.59. The van der Waals surface area contributed by atoms with Crippen LogP contribution in [0.1, 0.15) is 11.4 Å². The largest absolute Gasteiger partial charge is 0.291 e. The van der Waals surface area contributed by atoms with Crippen molar-refractivity contribution in [2.24, 2.45) is 0 Å². The zero-order valence-corrected chi connectivity index (χ0v) is 10.8. The fourth-order valence-corrected chi connectivity index (χ4v) is 2.83. The minimum Gasteiger partial charge on any atom is -0.202 e. The van der Waals surface area contributed by atoms with E-state index in [2.05, 4.69) is 26.1 Å². The highest BCUT2D eigenvalue weighted by Crippen LogP contribution is 2.34. The SMILES string of the molecule is FC(F)c1nnc(-c2ccc(Cl)cc2Br)s1. The smallest absolute Gasteiger partial charge is 0.202 e. The average molecular weight is 326 g/mol. The van der Waals surface area contributed by atoms with E-state index >= 15 is 0 Å². The van der Waals surface area contributed by atoms with Crippen molar-refractivity contribution in [3.05, 3.63) is 32.7 Å². The molecule has 0 bridgehead atoms. The highest BCUT2D eigenvalue weighted by atomic mass is 79.9. The van der Waals surface area contributed by atoms with Crippen molar-refractivity contribution in [1.29, 1.82) is 0 Å². The van der Waals surface area contributed by atoms with E-state index in [-0.39, 0.29) is 5.01 Å². The van der Waals surface area contributed by atoms with E-state index in [0.717, 1.165) is 11.3 Å². The van der Waals surface area contributed by atoms with E-state index in [4.69, 9.17) is 11.6 Å². The number of aromatic nitrogens is 2. The second kappa shape index (κ2) is 4.73. The van der Waals surface area contributed by atoms with Gasteiger partial charge in [-0.1, -0.05) is 38.9 Å². The van der Waals surface area contributed by atoms with Gasteiger partial charge in [-0.3, -0.25) is 0 Å². The van der Waals surface area contributed by atoms with Crippen LogP contribution in [-0.2, 0) is 0 Å². The summed E-state index contributed by atoms with van der Waals surface area (Å²) < 4.78 is 25.4. The molecule has 0 spiro atoms. The number of hydrogen-bond acceptors (Lipinski definition) is 3. The molecule has 7 heteroatoms. The molecule has 16 heavy (non-hydrogen) atoms. The molecule has 1 aromatic carbocycles. The first-order chi connectivity index (χ1) is 7.58. The Morgan fingerprint density at radius 2 is 2.06 bits per heavy atom. The van der Waals surface area contributed by atoms with Crippen molar-refractivity contribution in [1.82, 2.24) is 10.2 Å². The number of rotatable bonds is 2. The third kappa shape index (κ3) is 2.39. The van der Waals surface area contributed by atoms with E-state index in [1.165, 1.54) is 0 Å². The van der Waals surface area contributed by atoms with Crippen LogP contribution in [-0.4, -0.2) is 10.2 Å². The second-order valence-electron chi connectivity index (χ2n) is 2.87. The van der Waals surface area contributed by atoms with Crippen LogP contribution in [0.5, 0.6) is 0 Å². The molecule has 2 nitrogen and oxygen atoms in total. The second-order valence-corrected chi connectivity index (χ2v) is 5.17. The molecule has 0 saturated carbocycles. The Kier molecular flexibility index (Phi) is 3.51. The number of hydrogen-bond donors (Lipinski definition) is 0. The van der Waals surface area contributed by atoms with Crippen LogP contribution in [0.25, 0.3) is 10.6 Å². The Balaban J connectivity index is 2.42. The molecular formula is C9H4BrClF2N2S. The van der Waals surface area contributed by atoms with Gasteiger partial charge in [-0.25, -0.2) is 8.78 Å². The van der Waals surface area contributed by atoms with Crippen LogP contribution in [0.15, 0.2) is 22.7 Å². The predicted octanol–water partition coefficient (Wildman–Crippen LogP) is 4.56. The van der Waals surface area contributed by atoms with Crippen LogP contribution in [0.3, 0.4) is 0 Å². The number of alkyl halides is 2. The van der Waals surface area contributed by atoms with E-state index < -0.39 is 6.43 Å². The van der Waals surface area contributed by atoms with Gasteiger partial charge < -0.3 is 0 Å². The van der Waals surface area contributed by atoms with Crippen molar-refractivity contribution < 1.29 is 8.78 Å². The fraction of sp³-hybridized carbons (Fsp3) is 0.111. The van der Waals surface area contributed by atoms with Gasteiger partial charge in [0, 0.05) is 15.1 Å². The molecule has 2 aromatic rings. The summed E-state index contributed by atoms with van der Waals surface area (Å²) in [5, 5.41) is 7.86. The quantitative estimate of drug-likeness (QED) is 0.809. The van der Waals surface area contributed by atoms with Gasteiger partial charge in [0.2, 0.25) is 0 Å². The van der Waals surface area contributed by atoms with E-state index in [1.54, 1.807) is 18.2 Å². The lowest BCUT2D eigenvalue weighted by atomic mass is 10.2. The van der Waals surface area contributed by atoms with Gasteiger partial charge in [0.1, 0.15) is 5.01 Å². The van der Waals surface area contributed by atoms with Crippen molar-refractivity contribution >= 4 is 38.9 Å². The van der Waals surface area contributed by atoms with Gasteiger partial charge >= 0.3 is 0 Å². The molecule has 0 amide bonds. The molecule has 0 fully saturated rings. The van der Waals surface area contributed by atoms with Gasteiger partial charge in [-0.15, -0.1) is 10.2 Å². The lowest BCUT2D eigenvalue weighted by Crippen LogP contribution is -1.81. The summed E-state index contributed by atoms with van der Waals surface area (Å²) in [6.07, 6.45) is -2.59. The van der Waals surface area contributed by atoms with Crippen molar-refractivity contribution in [3.8, 4) is 10.6 Å². The molecule has 0 unspecified atom stereocenters. The van der Waals surface area contributed by atoms with Crippen LogP contribution in [0.4, 0.5) is 8.78 Å². The number of nitrogens with zero attached hydrogens (tertiary/aromatic N) is 2. The normalized spacial score (nSPS) is 11.1. The Bertz CT molecular complexity index is 518. The monoisotopic (exact) mass is 324 g/mol. The Labute approximate surface area is 107 Å². The molecule has 1 heterocycles. The van der Waals surface area contributed by atoms with Gasteiger partial charge in [-0.05, 0) is 18.2 Å². The first-order valence-corrected chi connectivity index (χ1v) is 6.13. The van der Waals surface area contributed by atoms with Gasteiger partial charge in [0.25, 0.3) is 6.43 Å². The zero-order chi connectivity index (χ0) is 11.7. The maximum Gasteiger partial charge on any atom is 0.291 e. The Hall–Kier alpha value is -0.590. The van der Waals surface area contributed by atoms with E-state index in [0.29, 0.717) is 20.1 Å². The molecule has 0 atom stereocenters. The van der Waals surface area contributed by atoms with Crippen molar-refractivity contribution in [3.63, 3.8) is 0 Å². The van der Waals surface area contributed by atoms with Crippen LogP contribution < -0.4 is 0 Å². The van der Waals surface area contributed by atoms with Crippen molar-refractivity contribution in [2.75, 3.05) is 0 Å². The summed E-state index contributed by atoms with van der Waals surface area (Å²) in [7, 11) is 0. The maximum atomic E-state index is 12.3. The third-order valence-corrected chi connectivity index (χ3v) is 3.64. The molecule has 0 radical (unpaired) electrons. The lowest BCUT2D eigenvalue weighted by Gasteiger charge is -1.99. The van der Waals surface area contributed by atoms with Crippen molar-refractivity contribution in [2.45, 2.75) is 6.43 Å². The summed E-state index contributed by atoms with van der Waals surface area (Å²) in [5.74, 6) is 0. The summed E-state index contributed by atoms with van der Waals surface area (Å²) >= 11 is 9.94. The van der Waals surface area contributed by atoms with Gasteiger partial charge in [0.05, 0.1) is 0 Å². The Morgan fingerprint density at radius 3 is 2.62 bits per heavy atom. The molecule has 0 saturated heterocycles. The maximum absolute atomic E-state index is 12.3. The van der Waals surface area contributed by atoms with Crippen LogP contribution in [0, 0.1) is 0 Å². The van der Waals surface area contributed by atoms with Crippen LogP contribution in [0.2, 0.25) is 5.02 Å². The van der Waals surface area contributed by atoms with Gasteiger partial charge in [0.15, 0.2) is 5.01 Å². The fourth-order valence-electron chi connectivity index (χ4n) is 1.09. The van der Waals surface area contributed by atoms with E-state index in [9.17, 15) is 8.78 Å². The molecule has 84 valence electrons. The third-order valence-electron chi connectivity index (χ3n) is 1.79. The predicted molar refractivity (Wildman–Crippen MR) is 63.0 cm³/mol. The first kappa shape index (κ1) is 11.9. The first-order valence-electron chi connectivity index (χ1n) is 4.15. The molecule has 0 N–H and O–H groups in total. The number of halogens is 4. The van der Waals surface area contributed by atoms with E-state index in [1.807, 2.05) is 0 Å². The molecular weight excluding hydrogens is 322 g/mol. The standard InChI is InChI=1S/C9H4BrClF2N2S/c10-6-3-4(11)1-2-5(6)8-14-15-9(16-8)7(12)13/h1-3,7H. The molecule has 2 rings (SSSR count). The average Bonchev–Trinajstić information content (AvgIpc) is 2.66. The van der Waals surface area contributed by atoms with Gasteiger partial charge in [-0.2, -0.15) is 0 Å².